The molecule has 1 saturated carbocycles. The number of piperazine rings is 1. The highest BCUT2D eigenvalue weighted by atomic mass is 35.5. The van der Waals surface area contributed by atoms with Crippen LogP contribution in [0.25, 0.3) is 0 Å². The fraction of sp³-hybridized carbons (Fsp3) is 0.500. The van der Waals surface area contributed by atoms with E-state index in [2.05, 4.69) is 35.2 Å². The van der Waals surface area contributed by atoms with Gasteiger partial charge in [-0.25, -0.2) is 9.97 Å². The first-order valence-electron chi connectivity index (χ1n) is 10.5. The predicted molar refractivity (Wildman–Crippen MR) is 117 cm³/mol. The van der Waals surface area contributed by atoms with Crippen molar-refractivity contribution in [2.75, 3.05) is 41.3 Å². The molecule has 2 aromatic heterocycles. The summed E-state index contributed by atoms with van der Waals surface area (Å²) in [4.78, 5) is 28.5. The molecule has 0 bridgehead atoms. The highest BCUT2D eigenvalue weighted by molar-refractivity contribution is 6.00. The summed E-state index contributed by atoms with van der Waals surface area (Å²) in [6, 6.07) is 3.45. The van der Waals surface area contributed by atoms with Crippen LogP contribution >= 0.6 is 12.4 Å². The van der Waals surface area contributed by atoms with Crippen LogP contribution in [-0.2, 0) is 4.79 Å². The summed E-state index contributed by atoms with van der Waals surface area (Å²) >= 11 is 0. The molecule has 2 fully saturated rings. The zero-order valence-corrected chi connectivity index (χ0v) is 18.1. The first-order chi connectivity index (χ1) is 15.0. The third kappa shape index (κ3) is 4.26. The van der Waals surface area contributed by atoms with Crippen LogP contribution in [0.2, 0.25) is 0 Å². The predicted octanol–water partition coefficient (Wildman–Crippen LogP) is 2.71. The van der Waals surface area contributed by atoms with Crippen molar-refractivity contribution in [1.29, 1.82) is 0 Å². The maximum absolute atomic E-state index is 14.1. The summed E-state index contributed by atoms with van der Waals surface area (Å²) in [5.41, 5.74) is 1.02. The lowest BCUT2D eigenvalue weighted by Gasteiger charge is -2.35. The second kappa shape index (κ2) is 8.99. The van der Waals surface area contributed by atoms with Gasteiger partial charge in [-0.3, -0.25) is 9.69 Å². The third-order valence-corrected chi connectivity index (χ3v) is 5.83. The number of anilines is 4. The van der Waals surface area contributed by atoms with Gasteiger partial charge in [-0.2, -0.15) is 13.8 Å². The standard InChI is InChI=1S/C20H23F2N7O2.ClH/c21-20(22)18(30)29(13-3-1-2-4-13)17-15(31-20)12-25-19(27-17)26-16-6-5-14(11-24-16)28-9-7-23-8-10-28;/h5-6,11-13,23H,1-4,7-10H2,(H,24,25,26,27);1H. The molecular weight excluding hydrogens is 444 g/mol. The average molecular weight is 468 g/mol. The van der Waals surface area contributed by atoms with Gasteiger partial charge in [0, 0.05) is 32.2 Å². The molecule has 5 rings (SSSR count). The molecule has 2 N–H and O–H groups in total. The molecule has 1 aliphatic carbocycles. The van der Waals surface area contributed by atoms with Crippen molar-refractivity contribution in [3.8, 4) is 5.75 Å². The molecule has 1 saturated heterocycles. The highest BCUT2D eigenvalue weighted by Gasteiger charge is 2.53. The van der Waals surface area contributed by atoms with E-state index < -0.39 is 12.0 Å². The molecule has 9 nitrogen and oxygen atoms in total. The number of nitrogens with zero attached hydrogens (tertiary/aromatic N) is 5. The van der Waals surface area contributed by atoms with Crippen molar-refractivity contribution in [3.63, 3.8) is 0 Å². The molecule has 12 heteroatoms. The van der Waals surface area contributed by atoms with Crippen molar-refractivity contribution in [2.24, 2.45) is 0 Å². The largest absolute Gasteiger partial charge is 0.483 e. The maximum Gasteiger partial charge on any atom is 0.483 e. The van der Waals surface area contributed by atoms with E-state index in [4.69, 9.17) is 0 Å². The second-order valence-corrected chi connectivity index (χ2v) is 7.88. The van der Waals surface area contributed by atoms with Gasteiger partial charge in [0.15, 0.2) is 11.6 Å². The molecule has 0 spiro atoms. The molecule has 0 unspecified atom stereocenters. The molecule has 4 heterocycles. The van der Waals surface area contributed by atoms with E-state index in [-0.39, 0.29) is 36.0 Å². The minimum Gasteiger partial charge on any atom is -0.420 e. The van der Waals surface area contributed by atoms with Gasteiger partial charge in [0.2, 0.25) is 5.95 Å². The number of pyridine rings is 1. The van der Waals surface area contributed by atoms with Crippen molar-refractivity contribution < 1.29 is 18.3 Å². The molecule has 32 heavy (non-hydrogen) atoms. The number of fused-ring (bicyclic) bond motifs is 1. The number of hydrogen-bond acceptors (Lipinski definition) is 8. The van der Waals surface area contributed by atoms with Gasteiger partial charge in [0.1, 0.15) is 5.82 Å². The van der Waals surface area contributed by atoms with Crippen LogP contribution in [0.1, 0.15) is 25.7 Å². The zero-order valence-electron chi connectivity index (χ0n) is 17.3. The lowest BCUT2D eigenvalue weighted by Crippen LogP contribution is -2.54. The molecule has 1 amide bonds. The van der Waals surface area contributed by atoms with Crippen LogP contribution < -0.4 is 25.2 Å². The van der Waals surface area contributed by atoms with Crippen LogP contribution in [0, 0.1) is 0 Å². The van der Waals surface area contributed by atoms with Crippen LogP contribution in [0.5, 0.6) is 5.75 Å². The Balaban J connectivity index is 0.00000245. The Morgan fingerprint density at radius 2 is 1.88 bits per heavy atom. The minimum absolute atomic E-state index is 0. The quantitative estimate of drug-likeness (QED) is 0.708. The summed E-state index contributed by atoms with van der Waals surface area (Å²) in [6.45, 7) is 3.69. The van der Waals surface area contributed by atoms with Gasteiger partial charge in [-0.1, -0.05) is 12.8 Å². The Kier molecular flexibility index (Phi) is 6.29. The number of hydrogen-bond donors (Lipinski definition) is 2. The number of halogens is 3. The lowest BCUT2D eigenvalue weighted by molar-refractivity contribution is -0.193. The lowest BCUT2D eigenvalue weighted by atomic mass is 10.2. The summed E-state index contributed by atoms with van der Waals surface area (Å²) in [5, 5.41) is 6.29. The zero-order chi connectivity index (χ0) is 21.4. The van der Waals surface area contributed by atoms with Crippen molar-refractivity contribution in [2.45, 2.75) is 37.8 Å². The van der Waals surface area contributed by atoms with Gasteiger partial charge in [0.05, 0.1) is 18.1 Å². The van der Waals surface area contributed by atoms with Gasteiger partial charge >= 0.3 is 12.0 Å². The van der Waals surface area contributed by atoms with E-state index in [0.29, 0.717) is 18.7 Å². The van der Waals surface area contributed by atoms with E-state index >= 15 is 0 Å². The average Bonchev–Trinajstić information content (AvgIpc) is 3.30. The molecule has 0 atom stereocenters. The summed E-state index contributed by atoms with van der Waals surface area (Å²) in [7, 11) is 0. The topological polar surface area (TPSA) is 95.5 Å². The normalized spacial score (nSPS) is 20.4. The smallest absolute Gasteiger partial charge is 0.420 e. The number of rotatable bonds is 4. The van der Waals surface area contributed by atoms with Crippen molar-refractivity contribution >= 4 is 41.6 Å². The Morgan fingerprint density at radius 3 is 2.56 bits per heavy atom. The minimum atomic E-state index is -3.92. The molecule has 3 aliphatic rings. The summed E-state index contributed by atoms with van der Waals surface area (Å²) in [6.07, 6.45) is 2.10. The van der Waals surface area contributed by atoms with Gasteiger partial charge in [-0.15, -0.1) is 12.4 Å². The van der Waals surface area contributed by atoms with Crippen molar-refractivity contribution in [1.82, 2.24) is 20.3 Å². The maximum atomic E-state index is 14.1. The van der Waals surface area contributed by atoms with Crippen LogP contribution in [0.4, 0.5) is 32.1 Å². The van der Waals surface area contributed by atoms with Gasteiger partial charge < -0.3 is 20.3 Å². The number of alkyl halides is 2. The van der Waals surface area contributed by atoms with E-state index in [1.54, 1.807) is 6.20 Å². The monoisotopic (exact) mass is 467 g/mol. The van der Waals surface area contributed by atoms with E-state index in [0.717, 1.165) is 49.6 Å². The molecule has 0 radical (unpaired) electrons. The highest BCUT2D eigenvalue weighted by Crippen LogP contribution is 2.41. The Labute approximate surface area is 190 Å². The number of ether oxygens (including phenoxy) is 1. The third-order valence-electron chi connectivity index (χ3n) is 5.83. The fourth-order valence-corrected chi connectivity index (χ4v) is 4.27. The number of nitrogens with one attached hydrogen (secondary N) is 2. The molecule has 2 aliphatic heterocycles. The van der Waals surface area contributed by atoms with Gasteiger partial charge in [0.25, 0.3) is 0 Å². The first kappa shape index (κ1) is 22.4. The SMILES string of the molecule is Cl.O=C1N(C2CCCC2)c2nc(Nc3ccc(N4CCNCC4)cn3)ncc2OC1(F)F. The number of aromatic nitrogens is 3. The molecular formula is C20H24ClF2N7O2. The summed E-state index contributed by atoms with van der Waals surface area (Å²) in [5.74, 6) is -0.845. The second-order valence-electron chi connectivity index (χ2n) is 7.88. The number of carbonyl (C=O) groups is 1. The van der Waals surface area contributed by atoms with Crippen LogP contribution in [-0.4, -0.2) is 59.2 Å². The fourth-order valence-electron chi connectivity index (χ4n) is 4.27. The number of carbonyl (C=O) groups excluding carboxylic acids is 1. The molecule has 2 aromatic rings. The molecule has 172 valence electrons. The first-order valence-corrected chi connectivity index (χ1v) is 10.5. The Morgan fingerprint density at radius 1 is 1.12 bits per heavy atom. The van der Waals surface area contributed by atoms with Gasteiger partial charge in [-0.05, 0) is 25.0 Å². The van der Waals surface area contributed by atoms with Crippen LogP contribution in [0.3, 0.4) is 0 Å². The van der Waals surface area contributed by atoms with E-state index in [9.17, 15) is 13.6 Å². The van der Waals surface area contributed by atoms with E-state index in [1.807, 2.05) is 12.1 Å². The Hall–Kier alpha value is -2.79. The van der Waals surface area contributed by atoms with Crippen molar-refractivity contribution in [3.05, 3.63) is 24.5 Å². The Bertz CT molecular complexity index is 967. The van der Waals surface area contributed by atoms with Crippen LogP contribution in [0.15, 0.2) is 24.5 Å². The molecule has 0 aromatic carbocycles. The van der Waals surface area contributed by atoms with E-state index in [1.165, 1.54) is 6.20 Å². The summed E-state index contributed by atoms with van der Waals surface area (Å²) < 4.78 is 32.8. The number of amides is 1.